The highest BCUT2D eigenvalue weighted by Crippen LogP contribution is 2.08. The largest absolute Gasteiger partial charge is 0.394 e. The number of ether oxygens (including phenoxy) is 2. The Morgan fingerprint density at radius 3 is 2.50 bits per heavy atom. The average Bonchev–Trinajstić information content (AvgIpc) is 2.97. The van der Waals surface area contributed by atoms with Crippen LogP contribution in [0.1, 0.15) is 26.7 Å². The summed E-state index contributed by atoms with van der Waals surface area (Å²) >= 11 is 0. The monoisotopic (exact) mass is 206 g/mol. The lowest BCUT2D eigenvalue weighted by Gasteiger charge is -1.97. The van der Waals surface area contributed by atoms with Crippen molar-refractivity contribution in [1.82, 2.24) is 0 Å². The van der Waals surface area contributed by atoms with Crippen LogP contribution >= 0.6 is 0 Å². The fraction of sp³-hybridized carbons (Fsp3) is 1.00. The van der Waals surface area contributed by atoms with E-state index in [1.54, 1.807) is 0 Å². The predicted molar refractivity (Wildman–Crippen MR) is 54.2 cm³/mol. The summed E-state index contributed by atoms with van der Waals surface area (Å²) in [4.78, 5) is 0. The van der Waals surface area contributed by atoms with E-state index >= 15 is 0 Å². The molecule has 14 heavy (non-hydrogen) atoms. The van der Waals surface area contributed by atoms with Crippen LogP contribution in [0.3, 0.4) is 0 Å². The highest BCUT2D eigenvalue weighted by atomic mass is 16.6. The number of epoxide rings is 1. The summed E-state index contributed by atoms with van der Waals surface area (Å²) in [5, 5.41) is 16.0. The number of hydrogen-bond donors (Lipinski definition) is 2. The summed E-state index contributed by atoms with van der Waals surface area (Å²) in [6.45, 7) is 6.17. The number of hydrogen-bond acceptors (Lipinski definition) is 4. The lowest BCUT2D eigenvalue weighted by molar-refractivity contribution is 0.110. The molecule has 0 aromatic heterocycles. The first-order chi connectivity index (χ1) is 6.70. The molecule has 0 aromatic rings. The van der Waals surface area contributed by atoms with Crippen LogP contribution in [-0.4, -0.2) is 48.8 Å². The Hall–Kier alpha value is -0.160. The Labute approximate surface area is 85.8 Å². The smallest absolute Gasteiger partial charge is 0.104 e. The summed E-state index contributed by atoms with van der Waals surface area (Å²) in [7, 11) is 0. The minimum Gasteiger partial charge on any atom is -0.394 e. The maximum atomic E-state index is 8.11. The molecule has 0 amide bonds. The standard InChI is InChI=1S/C7H14O2.C3H8O2/c1-2-3-4-8-5-7-6-9-7;1-3(5)2-4/h7H,2-6H2,1H3;3-5H,2H2,1H3. The third-order valence-corrected chi connectivity index (χ3v) is 1.61. The van der Waals surface area contributed by atoms with Crippen molar-refractivity contribution in [3.63, 3.8) is 0 Å². The second-order valence-corrected chi connectivity index (χ2v) is 3.42. The number of aliphatic hydroxyl groups is 2. The molecule has 1 heterocycles. The molecule has 0 saturated carbocycles. The van der Waals surface area contributed by atoms with Gasteiger partial charge in [-0.25, -0.2) is 0 Å². The van der Waals surface area contributed by atoms with E-state index in [9.17, 15) is 0 Å². The first-order valence-corrected chi connectivity index (χ1v) is 5.19. The summed E-state index contributed by atoms with van der Waals surface area (Å²) in [5.41, 5.74) is 0. The molecule has 0 spiro atoms. The highest BCUT2D eigenvalue weighted by molar-refractivity contribution is 4.66. The van der Waals surface area contributed by atoms with Gasteiger partial charge in [-0.15, -0.1) is 0 Å². The zero-order valence-electron chi connectivity index (χ0n) is 9.11. The molecule has 1 aliphatic heterocycles. The second kappa shape index (κ2) is 9.40. The molecule has 4 heteroatoms. The zero-order chi connectivity index (χ0) is 10.8. The molecule has 86 valence electrons. The molecule has 1 rings (SSSR count). The Morgan fingerprint density at radius 2 is 2.14 bits per heavy atom. The van der Waals surface area contributed by atoms with Gasteiger partial charge in [-0.2, -0.15) is 0 Å². The van der Waals surface area contributed by atoms with E-state index in [1.165, 1.54) is 19.8 Å². The van der Waals surface area contributed by atoms with Crippen LogP contribution in [-0.2, 0) is 9.47 Å². The van der Waals surface area contributed by atoms with Gasteiger partial charge in [0, 0.05) is 6.61 Å². The van der Waals surface area contributed by atoms with Gasteiger partial charge < -0.3 is 19.7 Å². The van der Waals surface area contributed by atoms with Gasteiger partial charge in [0.25, 0.3) is 0 Å². The fourth-order valence-electron chi connectivity index (χ4n) is 0.625. The van der Waals surface area contributed by atoms with E-state index in [0.29, 0.717) is 6.10 Å². The third-order valence-electron chi connectivity index (χ3n) is 1.61. The molecule has 0 radical (unpaired) electrons. The van der Waals surface area contributed by atoms with Crippen LogP contribution in [0.25, 0.3) is 0 Å². The Morgan fingerprint density at radius 1 is 1.57 bits per heavy atom. The molecule has 1 aliphatic rings. The topological polar surface area (TPSA) is 62.2 Å². The van der Waals surface area contributed by atoms with Crippen LogP contribution in [0.2, 0.25) is 0 Å². The average molecular weight is 206 g/mol. The summed E-state index contributed by atoms with van der Waals surface area (Å²) in [5.74, 6) is 0. The van der Waals surface area contributed by atoms with Gasteiger partial charge in [-0.3, -0.25) is 0 Å². The van der Waals surface area contributed by atoms with Gasteiger partial charge in [0.15, 0.2) is 0 Å². The first-order valence-electron chi connectivity index (χ1n) is 5.19. The summed E-state index contributed by atoms with van der Waals surface area (Å²) < 4.78 is 10.2. The van der Waals surface area contributed by atoms with E-state index in [0.717, 1.165) is 19.8 Å². The number of rotatable bonds is 6. The lowest BCUT2D eigenvalue weighted by atomic mass is 10.4. The lowest BCUT2D eigenvalue weighted by Crippen LogP contribution is -2.03. The number of aliphatic hydroxyl groups excluding tert-OH is 2. The van der Waals surface area contributed by atoms with Gasteiger partial charge >= 0.3 is 0 Å². The molecule has 0 bridgehead atoms. The van der Waals surface area contributed by atoms with Crippen molar-refractivity contribution in [2.24, 2.45) is 0 Å². The summed E-state index contributed by atoms with van der Waals surface area (Å²) in [6.07, 6.45) is 2.26. The maximum Gasteiger partial charge on any atom is 0.104 e. The van der Waals surface area contributed by atoms with Crippen molar-refractivity contribution < 1.29 is 19.7 Å². The van der Waals surface area contributed by atoms with E-state index in [4.69, 9.17) is 19.7 Å². The maximum absolute atomic E-state index is 8.11. The number of unbranched alkanes of at least 4 members (excludes halogenated alkanes) is 1. The third kappa shape index (κ3) is 11.8. The Kier molecular flexibility index (Phi) is 9.29. The quantitative estimate of drug-likeness (QED) is 0.492. The van der Waals surface area contributed by atoms with Crippen LogP contribution in [0.4, 0.5) is 0 Å². The Bertz CT molecular complexity index is 113. The molecule has 1 saturated heterocycles. The van der Waals surface area contributed by atoms with Gasteiger partial charge in [0.1, 0.15) is 6.10 Å². The highest BCUT2D eigenvalue weighted by Gasteiger charge is 2.21. The van der Waals surface area contributed by atoms with E-state index in [2.05, 4.69) is 6.92 Å². The minimum absolute atomic E-state index is 0.139. The van der Waals surface area contributed by atoms with Gasteiger partial charge in [-0.1, -0.05) is 13.3 Å². The molecule has 2 N–H and O–H groups in total. The molecule has 0 aromatic carbocycles. The van der Waals surface area contributed by atoms with Crippen LogP contribution < -0.4 is 0 Å². The van der Waals surface area contributed by atoms with Gasteiger partial charge in [0.05, 0.1) is 25.9 Å². The molecule has 2 unspecified atom stereocenters. The van der Waals surface area contributed by atoms with Gasteiger partial charge in [-0.05, 0) is 13.3 Å². The fourth-order valence-corrected chi connectivity index (χ4v) is 0.625. The molecule has 1 fully saturated rings. The second-order valence-electron chi connectivity index (χ2n) is 3.42. The SMILES string of the molecule is CC(O)CO.CCCCOCC1CO1. The van der Waals surface area contributed by atoms with Crippen molar-refractivity contribution >= 4 is 0 Å². The molecule has 0 aliphatic carbocycles. The molecular formula is C10H22O4. The van der Waals surface area contributed by atoms with E-state index in [-0.39, 0.29) is 6.61 Å². The Balaban J connectivity index is 0.000000292. The minimum atomic E-state index is -0.560. The van der Waals surface area contributed by atoms with E-state index < -0.39 is 6.10 Å². The van der Waals surface area contributed by atoms with Crippen molar-refractivity contribution in [3.8, 4) is 0 Å². The van der Waals surface area contributed by atoms with Crippen LogP contribution in [0.5, 0.6) is 0 Å². The molecular weight excluding hydrogens is 184 g/mol. The molecule has 2 atom stereocenters. The van der Waals surface area contributed by atoms with Crippen molar-refractivity contribution in [2.75, 3.05) is 26.4 Å². The first kappa shape index (κ1) is 13.8. The van der Waals surface area contributed by atoms with E-state index in [1.807, 2.05) is 0 Å². The normalized spacial score (nSPS) is 21.0. The predicted octanol–water partition coefficient (Wildman–Crippen LogP) is 0.561. The molecule has 4 nitrogen and oxygen atoms in total. The summed E-state index contributed by atoms with van der Waals surface area (Å²) in [6, 6.07) is 0. The van der Waals surface area contributed by atoms with Crippen molar-refractivity contribution in [1.29, 1.82) is 0 Å². The van der Waals surface area contributed by atoms with Crippen LogP contribution in [0, 0.1) is 0 Å². The van der Waals surface area contributed by atoms with Crippen LogP contribution in [0.15, 0.2) is 0 Å². The zero-order valence-corrected chi connectivity index (χ0v) is 9.11. The van der Waals surface area contributed by atoms with Gasteiger partial charge in [0.2, 0.25) is 0 Å². The van der Waals surface area contributed by atoms with Crippen molar-refractivity contribution in [2.45, 2.75) is 38.9 Å². The van der Waals surface area contributed by atoms with Crippen molar-refractivity contribution in [3.05, 3.63) is 0 Å².